The molecule has 2 heterocycles. The monoisotopic (exact) mass is 398 g/mol. The summed E-state index contributed by atoms with van der Waals surface area (Å²) < 4.78 is 38.2. The lowest BCUT2D eigenvalue weighted by Crippen LogP contribution is -2.49. The van der Waals surface area contributed by atoms with Gasteiger partial charge in [0.25, 0.3) is 0 Å². The minimum atomic E-state index is -4.37. The van der Waals surface area contributed by atoms with Crippen molar-refractivity contribution in [3.05, 3.63) is 23.9 Å². The van der Waals surface area contributed by atoms with Crippen LogP contribution in [0.4, 0.5) is 19.0 Å². The maximum atomic E-state index is 12.7. The van der Waals surface area contributed by atoms with Crippen molar-refractivity contribution < 1.29 is 18.0 Å². The fraction of sp³-hybridized carbons (Fsp3) is 0.700. The molecule has 156 valence electrons. The highest BCUT2D eigenvalue weighted by atomic mass is 19.4. The minimum absolute atomic E-state index is 0.0351. The summed E-state index contributed by atoms with van der Waals surface area (Å²) in [5, 5.41) is 6.30. The second kappa shape index (κ2) is 8.27. The SMILES string of the molecule is CN[C@@H](CC(C)C)C(=O)N[C@@H]1CC[C@H]2CN(c3ccc(C(F)(F)F)cn3)C[C@H]21. The van der Waals surface area contributed by atoms with E-state index in [1.807, 2.05) is 4.90 Å². The topological polar surface area (TPSA) is 57.3 Å². The van der Waals surface area contributed by atoms with Crippen molar-refractivity contribution in [2.45, 2.75) is 51.4 Å². The Bertz CT molecular complexity index is 677. The molecule has 1 aliphatic carbocycles. The van der Waals surface area contributed by atoms with Gasteiger partial charge in [-0.05, 0) is 50.3 Å². The number of carbonyl (C=O) groups excluding carboxylic acids is 1. The van der Waals surface area contributed by atoms with Gasteiger partial charge < -0.3 is 15.5 Å². The Labute approximate surface area is 164 Å². The Morgan fingerprint density at radius 3 is 2.61 bits per heavy atom. The number of pyridine rings is 1. The number of alkyl halides is 3. The average molecular weight is 398 g/mol. The molecule has 1 saturated heterocycles. The van der Waals surface area contributed by atoms with E-state index >= 15 is 0 Å². The van der Waals surface area contributed by atoms with Gasteiger partial charge in [0.2, 0.25) is 5.91 Å². The summed E-state index contributed by atoms with van der Waals surface area (Å²) in [6.07, 6.45) is -0.728. The van der Waals surface area contributed by atoms with Gasteiger partial charge in [0.1, 0.15) is 5.82 Å². The van der Waals surface area contributed by atoms with E-state index in [0.717, 1.165) is 38.1 Å². The van der Waals surface area contributed by atoms with Crippen LogP contribution in [0, 0.1) is 17.8 Å². The lowest BCUT2D eigenvalue weighted by atomic mass is 9.97. The minimum Gasteiger partial charge on any atom is -0.356 e. The molecule has 28 heavy (non-hydrogen) atoms. The van der Waals surface area contributed by atoms with E-state index in [1.54, 1.807) is 7.05 Å². The Balaban J connectivity index is 1.61. The zero-order valence-corrected chi connectivity index (χ0v) is 16.6. The van der Waals surface area contributed by atoms with Gasteiger partial charge in [0, 0.05) is 31.2 Å². The standard InChI is InChI=1S/C20H29F3N4O/c1-12(2)8-17(24-3)19(28)26-16-6-4-13-10-27(11-15(13)16)18-7-5-14(9-25-18)20(21,22)23/h5,7,9,12-13,15-17,24H,4,6,8,10-11H2,1-3H3,(H,26,28)/t13-,15+,16+,17-/m0/s1. The van der Waals surface area contributed by atoms with Gasteiger partial charge in [-0.15, -0.1) is 0 Å². The van der Waals surface area contributed by atoms with E-state index in [0.29, 0.717) is 30.1 Å². The van der Waals surface area contributed by atoms with Crippen LogP contribution >= 0.6 is 0 Å². The lowest BCUT2D eigenvalue weighted by Gasteiger charge is -2.25. The number of anilines is 1. The highest BCUT2D eigenvalue weighted by Gasteiger charge is 2.44. The van der Waals surface area contributed by atoms with E-state index in [-0.39, 0.29) is 18.0 Å². The molecule has 1 saturated carbocycles. The summed E-state index contributed by atoms with van der Waals surface area (Å²) in [5.74, 6) is 1.78. The molecule has 2 aliphatic rings. The van der Waals surface area contributed by atoms with Gasteiger partial charge in [0.15, 0.2) is 0 Å². The van der Waals surface area contributed by atoms with Crippen LogP contribution in [-0.2, 0) is 11.0 Å². The molecule has 1 aromatic heterocycles. The number of halogens is 3. The molecule has 2 N–H and O–H groups in total. The van der Waals surface area contributed by atoms with Gasteiger partial charge in [-0.25, -0.2) is 4.98 Å². The van der Waals surface area contributed by atoms with Gasteiger partial charge in [-0.3, -0.25) is 4.79 Å². The molecule has 8 heteroatoms. The molecule has 0 radical (unpaired) electrons. The highest BCUT2D eigenvalue weighted by Crippen LogP contribution is 2.40. The van der Waals surface area contributed by atoms with Crippen LogP contribution in [0.2, 0.25) is 0 Å². The number of hydrogen-bond donors (Lipinski definition) is 2. The van der Waals surface area contributed by atoms with Crippen molar-refractivity contribution in [1.82, 2.24) is 15.6 Å². The molecular formula is C20H29F3N4O. The van der Waals surface area contributed by atoms with Crippen molar-refractivity contribution in [2.24, 2.45) is 17.8 Å². The van der Waals surface area contributed by atoms with Crippen LogP contribution in [0.3, 0.4) is 0 Å². The van der Waals surface area contributed by atoms with Gasteiger partial charge in [0.05, 0.1) is 11.6 Å². The summed E-state index contributed by atoms with van der Waals surface area (Å²) in [4.78, 5) is 18.7. The quantitative estimate of drug-likeness (QED) is 0.773. The Morgan fingerprint density at radius 1 is 1.29 bits per heavy atom. The van der Waals surface area contributed by atoms with Crippen molar-refractivity contribution in [3.63, 3.8) is 0 Å². The first kappa shape index (κ1) is 20.9. The van der Waals surface area contributed by atoms with Crippen LogP contribution in [0.5, 0.6) is 0 Å². The summed E-state index contributed by atoms with van der Waals surface area (Å²) in [6.45, 7) is 5.67. The molecule has 1 aromatic rings. The van der Waals surface area contributed by atoms with E-state index in [2.05, 4.69) is 29.5 Å². The molecule has 4 atom stereocenters. The second-order valence-corrected chi connectivity index (χ2v) is 8.39. The predicted molar refractivity (Wildman–Crippen MR) is 102 cm³/mol. The second-order valence-electron chi connectivity index (χ2n) is 8.39. The zero-order valence-electron chi connectivity index (χ0n) is 16.6. The number of hydrogen-bond acceptors (Lipinski definition) is 4. The molecule has 5 nitrogen and oxygen atoms in total. The van der Waals surface area contributed by atoms with E-state index < -0.39 is 11.7 Å². The number of rotatable bonds is 6. The molecule has 2 fully saturated rings. The first-order valence-electron chi connectivity index (χ1n) is 9.95. The van der Waals surface area contributed by atoms with Crippen LogP contribution in [0.1, 0.15) is 38.7 Å². The molecule has 0 aromatic carbocycles. The number of carbonyl (C=O) groups is 1. The number of likely N-dealkylation sites (N-methyl/N-ethyl adjacent to an activating group) is 1. The molecule has 1 aliphatic heterocycles. The zero-order chi connectivity index (χ0) is 20.5. The number of nitrogens with zero attached hydrogens (tertiary/aromatic N) is 2. The van der Waals surface area contributed by atoms with Crippen molar-refractivity contribution in [2.75, 3.05) is 25.0 Å². The Hall–Kier alpha value is -1.83. The maximum absolute atomic E-state index is 12.7. The van der Waals surface area contributed by atoms with E-state index in [4.69, 9.17) is 0 Å². The Morgan fingerprint density at radius 2 is 2.04 bits per heavy atom. The molecule has 1 amide bonds. The smallest absolute Gasteiger partial charge is 0.356 e. The largest absolute Gasteiger partial charge is 0.417 e. The van der Waals surface area contributed by atoms with E-state index in [1.165, 1.54) is 6.07 Å². The third-order valence-corrected chi connectivity index (χ3v) is 5.96. The highest BCUT2D eigenvalue weighted by molar-refractivity contribution is 5.82. The van der Waals surface area contributed by atoms with Crippen LogP contribution in [0.25, 0.3) is 0 Å². The fourth-order valence-electron chi connectivity index (χ4n) is 4.48. The number of aromatic nitrogens is 1. The van der Waals surface area contributed by atoms with Crippen LogP contribution in [0.15, 0.2) is 18.3 Å². The normalized spacial score (nSPS) is 25.8. The summed E-state index contributed by atoms with van der Waals surface area (Å²) in [5.41, 5.74) is -0.732. The first-order valence-corrected chi connectivity index (χ1v) is 9.95. The maximum Gasteiger partial charge on any atom is 0.417 e. The summed E-state index contributed by atoms with van der Waals surface area (Å²) in [7, 11) is 1.80. The number of amides is 1. The first-order chi connectivity index (χ1) is 13.2. The molecular weight excluding hydrogens is 369 g/mol. The van der Waals surface area contributed by atoms with Gasteiger partial charge >= 0.3 is 6.18 Å². The van der Waals surface area contributed by atoms with Gasteiger partial charge in [-0.1, -0.05) is 13.8 Å². The van der Waals surface area contributed by atoms with E-state index in [9.17, 15) is 18.0 Å². The predicted octanol–water partition coefficient (Wildman–Crippen LogP) is 3.07. The summed E-state index contributed by atoms with van der Waals surface area (Å²) in [6, 6.07) is 2.43. The van der Waals surface area contributed by atoms with Crippen molar-refractivity contribution in [1.29, 1.82) is 0 Å². The summed E-state index contributed by atoms with van der Waals surface area (Å²) >= 11 is 0. The number of nitrogens with one attached hydrogen (secondary N) is 2. The molecule has 0 spiro atoms. The fourth-order valence-corrected chi connectivity index (χ4v) is 4.48. The van der Waals surface area contributed by atoms with Crippen molar-refractivity contribution in [3.8, 4) is 0 Å². The molecule has 0 unspecified atom stereocenters. The van der Waals surface area contributed by atoms with Crippen LogP contribution in [-0.4, -0.2) is 43.1 Å². The van der Waals surface area contributed by atoms with Crippen LogP contribution < -0.4 is 15.5 Å². The lowest BCUT2D eigenvalue weighted by molar-refractivity contribution is -0.137. The third-order valence-electron chi connectivity index (χ3n) is 5.96. The number of fused-ring (bicyclic) bond motifs is 1. The Kier molecular flexibility index (Phi) is 6.17. The van der Waals surface area contributed by atoms with Gasteiger partial charge in [-0.2, -0.15) is 13.2 Å². The third kappa shape index (κ3) is 4.59. The molecule has 3 rings (SSSR count). The van der Waals surface area contributed by atoms with Crippen molar-refractivity contribution >= 4 is 11.7 Å². The molecule has 0 bridgehead atoms. The average Bonchev–Trinajstić information content (AvgIpc) is 3.21.